The zero-order valence-corrected chi connectivity index (χ0v) is 14.5. The second-order valence-corrected chi connectivity index (χ2v) is 6.02. The summed E-state index contributed by atoms with van der Waals surface area (Å²) in [6.45, 7) is 0. The van der Waals surface area contributed by atoms with E-state index in [2.05, 4.69) is 52.7 Å². The fourth-order valence-electron chi connectivity index (χ4n) is 1.42. The molecule has 0 aliphatic heterocycles. The summed E-state index contributed by atoms with van der Waals surface area (Å²) in [4.78, 5) is 3.97. The second kappa shape index (κ2) is 7.48. The topological polar surface area (TPSA) is 69.5 Å². The number of thiocarbonyl (C=S) groups is 1. The Bertz CT molecular complexity index is 656. The number of benzene rings is 1. The van der Waals surface area contributed by atoms with Crippen LogP contribution in [0.4, 0.5) is 5.69 Å². The van der Waals surface area contributed by atoms with Gasteiger partial charge in [0.15, 0.2) is 5.11 Å². The Kier molecular flexibility index (Phi) is 5.66. The van der Waals surface area contributed by atoms with Gasteiger partial charge < -0.3 is 10.4 Å². The van der Waals surface area contributed by atoms with Crippen LogP contribution in [0.15, 0.2) is 50.7 Å². The molecule has 0 aliphatic rings. The van der Waals surface area contributed by atoms with Crippen LogP contribution in [-0.2, 0) is 0 Å². The van der Waals surface area contributed by atoms with Crippen LogP contribution in [0.5, 0.6) is 5.75 Å². The van der Waals surface area contributed by atoms with E-state index >= 15 is 0 Å². The highest BCUT2D eigenvalue weighted by atomic mass is 79.9. The molecule has 1 aromatic carbocycles. The lowest BCUT2D eigenvalue weighted by Crippen LogP contribution is -2.23. The summed E-state index contributed by atoms with van der Waals surface area (Å²) in [5.41, 5.74) is 4.27. The van der Waals surface area contributed by atoms with Crippen molar-refractivity contribution in [3.8, 4) is 5.75 Å². The summed E-state index contributed by atoms with van der Waals surface area (Å²) >= 11 is 11.6. The zero-order valence-electron chi connectivity index (χ0n) is 10.5. The smallest absolute Gasteiger partial charge is 0.191 e. The number of hydrogen-bond donors (Lipinski definition) is 3. The molecule has 0 saturated carbocycles. The van der Waals surface area contributed by atoms with Crippen LogP contribution in [0.3, 0.4) is 0 Å². The lowest BCUT2D eigenvalue weighted by molar-refractivity contribution is 0.468. The van der Waals surface area contributed by atoms with Crippen molar-refractivity contribution in [3.63, 3.8) is 0 Å². The monoisotopic (exact) mass is 428 g/mol. The number of anilines is 1. The van der Waals surface area contributed by atoms with E-state index in [1.165, 1.54) is 0 Å². The first-order chi connectivity index (χ1) is 10.1. The number of nitrogens with one attached hydrogen (secondary N) is 2. The van der Waals surface area contributed by atoms with Crippen LogP contribution in [0, 0.1) is 0 Å². The molecule has 8 heteroatoms. The number of aromatic nitrogens is 1. The summed E-state index contributed by atoms with van der Waals surface area (Å²) in [6.07, 6.45) is 4.93. The molecular weight excluding hydrogens is 420 g/mol. The minimum absolute atomic E-state index is 0.147. The molecule has 0 aliphatic carbocycles. The number of nitrogens with zero attached hydrogens (tertiary/aromatic N) is 2. The van der Waals surface area contributed by atoms with E-state index in [4.69, 9.17) is 12.2 Å². The van der Waals surface area contributed by atoms with Crippen LogP contribution in [0.2, 0.25) is 0 Å². The number of halogens is 2. The largest absolute Gasteiger partial charge is 0.506 e. The van der Waals surface area contributed by atoms with E-state index < -0.39 is 0 Å². The maximum absolute atomic E-state index is 9.62. The summed E-state index contributed by atoms with van der Waals surface area (Å²) in [7, 11) is 0. The van der Waals surface area contributed by atoms with E-state index in [-0.39, 0.29) is 5.75 Å². The number of phenols is 1. The number of phenolic OH excluding ortho intramolecular Hbond substituents is 1. The Hall–Kier alpha value is -1.51. The third kappa shape index (κ3) is 4.76. The summed E-state index contributed by atoms with van der Waals surface area (Å²) in [6, 6.07) is 7.13. The van der Waals surface area contributed by atoms with Crippen LogP contribution in [0.1, 0.15) is 5.56 Å². The van der Waals surface area contributed by atoms with Gasteiger partial charge in [-0.2, -0.15) is 5.10 Å². The maximum atomic E-state index is 9.62. The van der Waals surface area contributed by atoms with Crippen LogP contribution < -0.4 is 10.7 Å². The Morgan fingerprint density at radius 2 is 2.05 bits per heavy atom. The molecular formula is C13H10Br2N4OS. The lowest BCUT2D eigenvalue weighted by Gasteiger charge is -2.06. The predicted octanol–water partition coefficient (Wildman–Crippen LogP) is 3.63. The number of aromatic hydroxyl groups is 1. The average Bonchev–Trinajstić information content (AvgIpc) is 2.45. The first-order valence-electron chi connectivity index (χ1n) is 5.74. The molecule has 108 valence electrons. The van der Waals surface area contributed by atoms with Gasteiger partial charge in [0, 0.05) is 6.20 Å². The number of rotatable bonds is 3. The van der Waals surface area contributed by atoms with E-state index in [0.717, 1.165) is 11.3 Å². The van der Waals surface area contributed by atoms with Gasteiger partial charge >= 0.3 is 0 Å². The third-order valence-corrected chi connectivity index (χ3v) is 3.74. The SMILES string of the molecule is Oc1c(Br)cc(/C=N\NC(=S)Nc2cccnc2)cc1Br. The molecule has 0 bridgehead atoms. The predicted molar refractivity (Wildman–Crippen MR) is 94.7 cm³/mol. The Balaban J connectivity index is 1.95. The molecule has 0 fully saturated rings. The molecule has 0 atom stereocenters. The molecule has 0 spiro atoms. The van der Waals surface area contributed by atoms with Crippen molar-refractivity contribution in [3.05, 3.63) is 51.2 Å². The van der Waals surface area contributed by atoms with Gasteiger partial charge in [-0.15, -0.1) is 0 Å². The van der Waals surface area contributed by atoms with E-state index in [9.17, 15) is 5.11 Å². The first kappa shape index (κ1) is 15.9. The summed E-state index contributed by atoms with van der Waals surface area (Å²) in [5.74, 6) is 0.147. The molecule has 0 radical (unpaired) electrons. The minimum Gasteiger partial charge on any atom is -0.506 e. The van der Waals surface area contributed by atoms with Crippen molar-refractivity contribution >= 4 is 61.1 Å². The van der Waals surface area contributed by atoms with Gasteiger partial charge in [0.05, 0.1) is 27.0 Å². The van der Waals surface area contributed by atoms with Gasteiger partial charge in [0.1, 0.15) is 5.75 Å². The van der Waals surface area contributed by atoms with Crippen LogP contribution in [0.25, 0.3) is 0 Å². The fourth-order valence-corrected chi connectivity index (χ4v) is 2.81. The molecule has 1 heterocycles. The summed E-state index contributed by atoms with van der Waals surface area (Å²) < 4.78 is 1.16. The highest BCUT2D eigenvalue weighted by molar-refractivity contribution is 9.11. The molecule has 1 aromatic heterocycles. The number of hydrazone groups is 1. The van der Waals surface area contributed by atoms with Gasteiger partial charge in [-0.05, 0) is 73.9 Å². The van der Waals surface area contributed by atoms with Gasteiger partial charge in [-0.1, -0.05) is 0 Å². The average molecular weight is 430 g/mol. The standard InChI is InChI=1S/C13H10Br2N4OS/c14-10-4-8(5-11(15)12(10)20)6-17-19-13(21)18-9-2-1-3-16-7-9/h1-7,20H,(H2,18,19,21)/b17-6-. The van der Waals surface area contributed by atoms with E-state index in [1.54, 1.807) is 36.8 Å². The second-order valence-electron chi connectivity index (χ2n) is 3.90. The third-order valence-electron chi connectivity index (χ3n) is 2.34. The number of hydrogen-bond acceptors (Lipinski definition) is 4. The Morgan fingerprint density at radius 3 is 2.67 bits per heavy atom. The molecule has 0 amide bonds. The van der Waals surface area contributed by atoms with Gasteiger partial charge in [-0.25, -0.2) is 0 Å². The van der Waals surface area contributed by atoms with Gasteiger partial charge in [0.2, 0.25) is 0 Å². The molecule has 2 aromatic rings. The molecule has 0 saturated heterocycles. The zero-order chi connectivity index (χ0) is 15.2. The normalized spacial score (nSPS) is 10.6. The Labute approximate surface area is 143 Å². The first-order valence-corrected chi connectivity index (χ1v) is 7.74. The summed E-state index contributed by atoms with van der Waals surface area (Å²) in [5, 5.41) is 16.9. The number of pyridine rings is 1. The highest BCUT2D eigenvalue weighted by Crippen LogP contribution is 2.32. The Morgan fingerprint density at radius 1 is 1.33 bits per heavy atom. The van der Waals surface area contributed by atoms with Gasteiger partial charge in [0.25, 0.3) is 0 Å². The quantitative estimate of drug-likeness (QED) is 0.394. The van der Waals surface area contributed by atoms with Crippen molar-refractivity contribution in [2.45, 2.75) is 0 Å². The highest BCUT2D eigenvalue weighted by Gasteiger charge is 2.04. The molecule has 3 N–H and O–H groups in total. The minimum atomic E-state index is 0.147. The molecule has 5 nitrogen and oxygen atoms in total. The molecule has 21 heavy (non-hydrogen) atoms. The maximum Gasteiger partial charge on any atom is 0.191 e. The molecule has 0 unspecified atom stereocenters. The van der Waals surface area contributed by atoms with Crippen LogP contribution in [-0.4, -0.2) is 21.4 Å². The lowest BCUT2D eigenvalue weighted by atomic mass is 10.2. The van der Waals surface area contributed by atoms with E-state index in [0.29, 0.717) is 14.1 Å². The van der Waals surface area contributed by atoms with Gasteiger partial charge in [-0.3, -0.25) is 10.4 Å². The van der Waals surface area contributed by atoms with Crippen molar-refractivity contribution < 1.29 is 5.11 Å². The fraction of sp³-hybridized carbons (Fsp3) is 0. The molecule has 2 rings (SSSR count). The van der Waals surface area contributed by atoms with Crippen molar-refractivity contribution in [2.75, 3.05) is 5.32 Å². The van der Waals surface area contributed by atoms with Crippen LogP contribution >= 0.6 is 44.1 Å². The van der Waals surface area contributed by atoms with Crippen molar-refractivity contribution in [2.24, 2.45) is 5.10 Å². The van der Waals surface area contributed by atoms with E-state index in [1.807, 2.05) is 6.07 Å². The van der Waals surface area contributed by atoms with Crippen molar-refractivity contribution in [1.29, 1.82) is 0 Å². The van der Waals surface area contributed by atoms with Crippen molar-refractivity contribution in [1.82, 2.24) is 10.4 Å².